The SMILES string of the molecule is CN(C(=O)N(C)[C@@H]1CN(C(=O)[C@H]2CC[C@H](C(N)=O)CC2)C[C@H]1c1ccc(F)cc1)c1cc(C(F)(F)F)cc(C(F)(F)F)c1. The van der Waals surface area contributed by atoms with E-state index in [2.05, 4.69) is 0 Å². The molecule has 2 aromatic carbocycles. The van der Waals surface area contributed by atoms with Crippen LogP contribution in [0.4, 0.5) is 41.2 Å². The smallest absolute Gasteiger partial charge is 0.369 e. The van der Waals surface area contributed by atoms with Crippen LogP contribution in [0.15, 0.2) is 42.5 Å². The van der Waals surface area contributed by atoms with Gasteiger partial charge in [0.15, 0.2) is 0 Å². The molecule has 1 aliphatic carbocycles. The van der Waals surface area contributed by atoms with Crippen LogP contribution < -0.4 is 10.6 Å². The lowest BCUT2D eigenvalue weighted by atomic mass is 9.81. The predicted octanol–water partition coefficient (Wildman–Crippen LogP) is 5.64. The highest BCUT2D eigenvalue weighted by molar-refractivity contribution is 5.92. The maximum atomic E-state index is 13.7. The summed E-state index contributed by atoms with van der Waals surface area (Å²) in [5, 5.41) is 0. The second-order valence-electron chi connectivity index (χ2n) is 11.1. The number of urea groups is 1. The highest BCUT2D eigenvalue weighted by Crippen LogP contribution is 2.39. The molecule has 2 fully saturated rings. The van der Waals surface area contributed by atoms with E-state index in [0.29, 0.717) is 48.3 Å². The highest BCUT2D eigenvalue weighted by atomic mass is 19.4. The van der Waals surface area contributed by atoms with Crippen molar-refractivity contribution in [3.63, 3.8) is 0 Å². The van der Waals surface area contributed by atoms with Crippen molar-refractivity contribution in [2.75, 3.05) is 32.1 Å². The van der Waals surface area contributed by atoms with E-state index in [0.717, 1.165) is 7.05 Å². The predicted molar refractivity (Wildman–Crippen MR) is 142 cm³/mol. The Labute approximate surface area is 243 Å². The first-order valence-corrected chi connectivity index (χ1v) is 13.6. The zero-order valence-corrected chi connectivity index (χ0v) is 23.4. The molecule has 234 valence electrons. The van der Waals surface area contributed by atoms with Crippen LogP contribution in [-0.2, 0) is 21.9 Å². The first-order valence-electron chi connectivity index (χ1n) is 13.6. The molecule has 1 aliphatic heterocycles. The molecule has 7 nitrogen and oxygen atoms in total. The third-order valence-electron chi connectivity index (χ3n) is 8.42. The van der Waals surface area contributed by atoms with Gasteiger partial charge in [0.1, 0.15) is 5.82 Å². The fourth-order valence-corrected chi connectivity index (χ4v) is 5.90. The largest absolute Gasteiger partial charge is 0.416 e. The molecule has 14 heteroatoms. The number of hydrogen-bond acceptors (Lipinski definition) is 3. The molecule has 43 heavy (non-hydrogen) atoms. The lowest BCUT2D eigenvalue weighted by Crippen LogP contribution is -2.48. The normalized spacial score (nSPS) is 22.8. The fourth-order valence-electron chi connectivity index (χ4n) is 5.90. The minimum absolute atomic E-state index is 0.0204. The quantitative estimate of drug-likeness (QED) is 0.442. The van der Waals surface area contributed by atoms with Crippen LogP contribution in [0.5, 0.6) is 0 Å². The number of benzene rings is 2. The van der Waals surface area contributed by atoms with Crippen LogP contribution in [0.25, 0.3) is 0 Å². The van der Waals surface area contributed by atoms with E-state index in [9.17, 15) is 45.1 Å². The summed E-state index contributed by atoms with van der Waals surface area (Å²) in [6, 6.07) is 4.71. The van der Waals surface area contributed by atoms with Crippen molar-refractivity contribution in [3.05, 3.63) is 65.0 Å². The molecular formula is C29H31F7N4O3. The standard InChI is InChI=1S/C29H31F7N4O3/c1-38(22-12-19(28(31,32)33)11-20(13-22)29(34,35)36)27(43)39(2)24-15-40(14-23(24)16-7-9-21(30)10-8-16)26(42)18-5-3-17(4-6-18)25(37)41/h7-13,17-18,23-24H,3-6,14-15H2,1-2H3,(H2,37,41)/t17-,18-,23-,24+/m0/s1. The van der Waals surface area contributed by atoms with E-state index >= 15 is 0 Å². The molecule has 2 aliphatic rings. The summed E-state index contributed by atoms with van der Waals surface area (Å²) in [5.74, 6) is -2.34. The molecule has 2 atom stereocenters. The molecule has 2 N–H and O–H groups in total. The average Bonchev–Trinajstić information content (AvgIpc) is 3.40. The summed E-state index contributed by atoms with van der Waals surface area (Å²) in [6.45, 7) is 0.178. The van der Waals surface area contributed by atoms with E-state index in [4.69, 9.17) is 5.73 Å². The van der Waals surface area contributed by atoms with Crippen molar-refractivity contribution in [1.82, 2.24) is 9.80 Å². The number of carbonyl (C=O) groups excluding carboxylic acids is 3. The highest BCUT2D eigenvalue weighted by Gasteiger charge is 2.43. The van der Waals surface area contributed by atoms with Crippen LogP contribution in [0.1, 0.15) is 48.3 Å². The monoisotopic (exact) mass is 616 g/mol. The molecule has 0 aromatic heterocycles. The Morgan fingerprint density at radius 1 is 0.814 bits per heavy atom. The van der Waals surface area contributed by atoms with E-state index in [1.54, 1.807) is 4.90 Å². The van der Waals surface area contributed by atoms with Crippen LogP contribution >= 0.6 is 0 Å². The number of rotatable bonds is 5. The van der Waals surface area contributed by atoms with Crippen molar-refractivity contribution < 1.29 is 45.1 Å². The second kappa shape index (κ2) is 12.0. The van der Waals surface area contributed by atoms with Gasteiger partial charge in [-0.3, -0.25) is 14.5 Å². The van der Waals surface area contributed by atoms with Crippen LogP contribution in [0, 0.1) is 17.7 Å². The summed E-state index contributed by atoms with van der Waals surface area (Å²) >= 11 is 0. The molecule has 1 saturated heterocycles. The van der Waals surface area contributed by atoms with Gasteiger partial charge in [-0.05, 0) is 61.6 Å². The summed E-state index contributed by atoms with van der Waals surface area (Å²) in [7, 11) is 2.42. The molecule has 0 unspecified atom stereocenters. The Bertz CT molecular complexity index is 1320. The lowest BCUT2D eigenvalue weighted by Gasteiger charge is -2.33. The Hall–Kier alpha value is -3.84. The number of likely N-dealkylation sites (tertiary alicyclic amines) is 1. The van der Waals surface area contributed by atoms with E-state index in [1.165, 1.54) is 36.2 Å². The third kappa shape index (κ3) is 7.04. The van der Waals surface area contributed by atoms with Crippen LogP contribution in [0.3, 0.4) is 0 Å². The average molecular weight is 617 g/mol. The van der Waals surface area contributed by atoms with Crippen molar-refractivity contribution >= 4 is 23.5 Å². The van der Waals surface area contributed by atoms with Gasteiger partial charge in [0.05, 0.1) is 17.2 Å². The van der Waals surface area contributed by atoms with Gasteiger partial charge in [0.2, 0.25) is 11.8 Å². The number of alkyl halides is 6. The topological polar surface area (TPSA) is 87.0 Å². The number of halogens is 7. The number of likely N-dealkylation sites (N-methyl/N-ethyl adjacent to an activating group) is 1. The minimum Gasteiger partial charge on any atom is -0.369 e. The maximum absolute atomic E-state index is 13.7. The number of hydrogen-bond donors (Lipinski definition) is 1. The van der Waals surface area contributed by atoms with Gasteiger partial charge in [-0.2, -0.15) is 26.3 Å². The number of carbonyl (C=O) groups is 3. The fraction of sp³-hybridized carbons (Fsp3) is 0.483. The maximum Gasteiger partial charge on any atom is 0.416 e. The molecule has 1 heterocycles. The molecule has 0 bridgehead atoms. The zero-order valence-electron chi connectivity index (χ0n) is 23.4. The van der Waals surface area contributed by atoms with Gasteiger partial charge in [0, 0.05) is 50.6 Å². The Balaban J connectivity index is 1.61. The minimum atomic E-state index is -5.09. The summed E-state index contributed by atoms with van der Waals surface area (Å²) in [4.78, 5) is 42.0. The molecular weight excluding hydrogens is 585 g/mol. The van der Waals surface area contributed by atoms with Gasteiger partial charge < -0.3 is 15.5 Å². The van der Waals surface area contributed by atoms with Crippen molar-refractivity contribution in [1.29, 1.82) is 0 Å². The first-order chi connectivity index (χ1) is 20.0. The van der Waals surface area contributed by atoms with Crippen LogP contribution in [-0.4, -0.2) is 60.9 Å². The molecule has 1 saturated carbocycles. The number of nitrogens with two attached hydrogens (primary N) is 1. The van der Waals surface area contributed by atoms with Gasteiger partial charge in [-0.1, -0.05) is 12.1 Å². The van der Waals surface area contributed by atoms with E-state index < -0.39 is 58.9 Å². The van der Waals surface area contributed by atoms with Gasteiger partial charge >= 0.3 is 18.4 Å². The van der Waals surface area contributed by atoms with Crippen molar-refractivity contribution in [2.45, 2.75) is 50.0 Å². The van der Waals surface area contributed by atoms with Gasteiger partial charge in [0.25, 0.3) is 0 Å². The zero-order chi connectivity index (χ0) is 31.9. The number of anilines is 1. The van der Waals surface area contributed by atoms with E-state index in [-0.39, 0.29) is 36.9 Å². The summed E-state index contributed by atoms with van der Waals surface area (Å²) < 4.78 is 94.3. The summed E-state index contributed by atoms with van der Waals surface area (Å²) in [5.41, 5.74) is 2.25. The van der Waals surface area contributed by atoms with Crippen molar-refractivity contribution in [3.8, 4) is 0 Å². The third-order valence-corrected chi connectivity index (χ3v) is 8.42. The molecule has 0 radical (unpaired) electrons. The molecule has 4 rings (SSSR count). The molecule has 4 amide bonds. The Kier molecular flexibility index (Phi) is 8.98. The summed E-state index contributed by atoms with van der Waals surface area (Å²) in [6.07, 6.45) is -8.37. The Morgan fingerprint density at radius 3 is 1.81 bits per heavy atom. The number of amides is 4. The van der Waals surface area contributed by atoms with Gasteiger partial charge in [-0.25, -0.2) is 9.18 Å². The molecule has 0 spiro atoms. The molecule has 2 aromatic rings. The lowest BCUT2D eigenvalue weighted by molar-refractivity contribution is -0.143. The first kappa shape index (κ1) is 32.1. The van der Waals surface area contributed by atoms with Crippen molar-refractivity contribution in [2.24, 2.45) is 17.6 Å². The Morgan fingerprint density at radius 2 is 1.33 bits per heavy atom. The second-order valence-corrected chi connectivity index (χ2v) is 11.1. The van der Waals surface area contributed by atoms with Gasteiger partial charge in [-0.15, -0.1) is 0 Å². The van der Waals surface area contributed by atoms with E-state index in [1.807, 2.05) is 0 Å². The van der Waals surface area contributed by atoms with Crippen LogP contribution in [0.2, 0.25) is 0 Å². The number of nitrogens with zero attached hydrogens (tertiary/aromatic N) is 3. The number of primary amides is 1.